The van der Waals surface area contributed by atoms with E-state index < -0.39 is 23.8 Å². The second-order valence-electron chi connectivity index (χ2n) is 5.73. The summed E-state index contributed by atoms with van der Waals surface area (Å²) in [5.74, 6) is -1.44. The smallest absolute Gasteiger partial charge is 0.311 e. The van der Waals surface area contributed by atoms with Gasteiger partial charge in [-0.3, -0.25) is 9.59 Å². The van der Waals surface area contributed by atoms with Crippen molar-refractivity contribution in [2.45, 2.75) is 33.3 Å². The first-order valence-electron chi connectivity index (χ1n) is 7.67. The molecular weight excluding hydrogens is 309 g/mol. The summed E-state index contributed by atoms with van der Waals surface area (Å²) < 4.78 is 18.2. The van der Waals surface area contributed by atoms with E-state index in [4.69, 9.17) is 4.74 Å². The van der Waals surface area contributed by atoms with E-state index in [2.05, 4.69) is 5.32 Å². The van der Waals surface area contributed by atoms with Crippen LogP contribution >= 0.6 is 0 Å². The van der Waals surface area contributed by atoms with Gasteiger partial charge in [-0.25, -0.2) is 4.39 Å². The van der Waals surface area contributed by atoms with E-state index in [1.807, 2.05) is 32.0 Å². The SMILES string of the molecule is Cc1ccc(CC(=O)O[C@@H](C)C(=O)Nc2cccc(F)c2)cc1C. The highest BCUT2D eigenvalue weighted by atomic mass is 19.1. The predicted molar refractivity (Wildman–Crippen MR) is 90.2 cm³/mol. The summed E-state index contributed by atoms with van der Waals surface area (Å²) in [4.78, 5) is 24.0. The first-order chi connectivity index (χ1) is 11.3. The first kappa shape index (κ1) is 17.7. The van der Waals surface area contributed by atoms with Crippen LogP contribution in [0.15, 0.2) is 42.5 Å². The molecule has 0 aliphatic heterocycles. The second kappa shape index (κ2) is 7.73. The zero-order chi connectivity index (χ0) is 17.7. The Hall–Kier alpha value is -2.69. The average molecular weight is 329 g/mol. The number of carbonyl (C=O) groups is 2. The number of carbonyl (C=O) groups excluding carboxylic acids is 2. The molecule has 0 saturated carbocycles. The van der Waals surface area contributed by atoms with E-state index >= 15 is 0 Å². The minimum Gasteiger partial charge on any atom is -0.452 e. The number of esters is 1. The number of amides is 1. The summed E-state index contributed by atoms with van der Waals surface area (Å²) in [6.07, 6.45) is -0.870. The van der Waals surface area contributed by atoms with Crippen molar-refractivity contribution in [2.24, 2.45) is 0 Å². The Kier molecular flexibility index (Phi) is 5.68. The minimum absolute atomic E-state index is 0.0959. The number of aryl methyl sites for hydroxylation is 2. The van der Waals surface area contributed by atoms with E-state index in [0.717, 1.165) is 16.7 Å². The van der Waals surface area contributed by atoms with Gasteiger partial charge in [-0.05, 0) is 55.7 Å². The Labute approximate surface area is 140 Å². The Morgan fingerprint density at radius 3 is 2.54 bits per heavy atom. The van der Waals surface area contributed by atoms with Gasteiger partial charge in [-0.1, -0.05) is 24.3 Å². The van der Waals surface area contributed by atoms with Crippen molar-refractivity contribution in [1.82, 2.24) is 0 Å². The van der Waals surface area contributed by atoms with Gasteiger partial charge in [0.05, 0.1) is 6.42 Å². The van der Waals surface area contributed by atoms with Crippen LogP contribution in [0.2, 0.25) is 0 Å². The van der Waals surface area contributed by atoms with Crippen LogP contribution in [0, 0.1) is 19.7 Å². The van der Waals surface area contributed by atoms with Gasteiger partial charge in [0.25, 0.3) is 5.91 Å². The van der Waals surface area contributed by atoms with Gasteiger partial charge in [0, 0.05) is 5.69 Å². The van der Waals surface area contributed by atoms with Gasteiger partial charge in [0.15, 0.2) is 6.10 Å². The Morgan fingerprint density at radius 1 is 1.12 bits per heavy atom. The summed E-state index contributed by atoms with van der Waals surface area (Å²) in [5, 5.41) is 2.51. The Morgan fingerprint density at radius 2 is 1.88 bits per heavy atom. The van der Waals surface area contributed by atoms with Gasteiger partial charge in [0.2, 0.25) is 0 Å². The van der Waals surface area contributed by atoms with E-state index in [-0.39, 0.29) is 6.42 Å². The molecule has 0 unspecified atom stereocenters. The molecule has 0 bridgehead atoms. The van der Waals surface area contributed by atoms with Crippen LogP contribution in [-0.2, 0) is 20.7 Å². The normalized spacial score (nSPS) is 11.7. The van der Waals surface area contributed by atoms with Crippen molar-refractivity contribution in [3.8, 4) is 0 Å². The monoisotopic (exact) mass is 329 g/mol. The van der Waals surface area contributed by atoms with E-state index in [1.165, 1.54) is 25.1 Å². The fourth-order valence-electron chi connectivity index (χ4n) is 2.18. The molecule has 24 heavy (non-hydrogen) atoms. The quantitative estimate of drug-likeness (QED) is 0.854. The first-order valence-corrected chi connectivity index (χ1v) is 7.67. The predicted octanol–water partition coefficient (Wildman–Crippen LogP) is 3.56. The molecule has 0 spiro atoms. The molecule has 0 radical (unpaired) electrons. The van der Waals surface area contributed by atoms with Crippen LogP contribution < -0.4 is 5.32 Å². The molecule has 0 aliphatic rings. The lowest BCUT2D eigenvalue weighted by atomic mass is 10.0. The van der Waals surface area contributed by atoms with E-state index in [0.29, 0.717) is 5.69 Å². The van der Waals surface area contributed by atoms with Crippen molar-refractivity contribution < 1.29 is 18.7 Å². The molecule has 0 aliphatic carbocycles. The summed E-state index contributed by atoms with van der Waals surface area (Å²) in [6, 6.07) is 11.3. The van der Waals surface area contributed by atoms with Crippen molar-refractivity contribution in [2.75, 3.05) is 5.32 Å². The average Bonchev–Trinajstić information content (AvgIpc) is 2.50. The highest BCUT2D eigenvalue weighted by Crippen LogP contribution is 2.12. The number of hydrogen-bond donors (Lipinski definition) is 1. The molecule has 1 N–H and O–H groups in total. The fourth-order valence-corrected chi connectivity index (χ4v) is 2.18. The topological polar surface area (TPSA) is 55.4 Å². The molecule has 2 rings (SSSR count). The molecule has 1 amide bonds. The lowest BCUT2D eigenvalue weighted by Crippen LogP contribution is -2.30. The summed E-state index contributed by atoms with van der Waals surface area (Å²) in [5.41, 5.74) is 3.39. The van der Waals surface area contributed by atoms with Crippen molar-refractivity contribution in [1.29, 1.82) is 0 Å². The molecule has 0 aromatic heterocycles. The Balaban J connectivity index is 1.90. The number of ether oxygens (including phenoxy) is 1. The van der Waals surface area contributed by atoms with Crippen LogP contribution in [0.25, 0.3) is 0 Å². The summed E-state index contributed by atoms with van der Waals surface area (Å²) >= 11 is 0. The third kappa shape index (κ3) is 4.91. The largest absolute Gasteiger partial charge is 0.452 e. The van der Waals surface area contributed by atoms with Crippen LogP contribution in [0.4, 0.5) is 10.1 Å². The minimum atomic E-state index is -0.965. The molecule has 2 aromatic carbocycles. The number of hydrogen-bond acceptors (Lipinski definition) is 3. The second-order valence-corrected chi connectivity index (χ2v) is 5.73. The molecule has 126 valence electrons. The van der Waals surface area contributed by atoms with Gasteiger partial charge < -0.3 is 10.1 Å². The highest BCUT2D eigenvalue weighted by Gasteiger charge is 2.18. The maximum absolute atomic E-state index is 13.1. The van der Waals surface area contributed by atoms with Gasteiger partial charge in [0.1, 0.15) is 5.82 Å². The zero-order valence-electron chi connectivity index (χ0n) is 13.9. The molecular formula is C19H20FNO3. The third-order valence-electron chi connectivity index (χ3n) is 3.69. The molecule has 0 saturated heterocycles. The van der Waals surface area contributed by atoms with Crippen molar-refractivity contribution >= 4 is 17.6 Å². The number of anilines is 1. The van der Waals surface area contributed by atoms with E-state index in [9.17, 15) is 14.0 Å². The number of rotatable bonds is 5. The molecule has 2 aromatic rings. The van der Waals surface area contributed by atoms with Crippen LogP contribution in [0.3, 0.4) is 0 Å². The molecule has 4 nitrogen and oxygen atoms in total. The van der Waals surface area contributed by atoms with Gasteiger partial charge in [-0.15, -0.1) is 0 Å². The number of halogens is 1. The van der Waals surface area contributed by atoms with Gasteiger partial charge >= 0.3 is 5.97 Å². The number of nitrogens with one attached hydrogen (secondary N) is 1. The van der Waals surface area contributed by atoms with Crippen molar-refractivity contribution in [3.63, 3.8) is 0 Å². The van der Waals surface area contributed by atoms with E-state index in [1.54, 1.807) is 6.07 Å². The van der Waals surface area contributed by atoms with Crippen LogP contribution in [0.1, 0.15) is 23.6 Å². The standard InChI is InChI=1S/C19H20FNO3/c1-12-7-8-15(9-13(12)2)10-18(22)24-14(3)19(23)21-17-6-4-5-16(20)11-17/h4-9,11,14H,10H2,1-3H3,(H,21,23)/t14-/m0/s1. The maximum Gasteiger partial charge on any atom is 0.311 e. The zero-order valence-corrected chi connectivity index (χ0v) is 13.9. The van der Waals surface area contributed by atoms with Gasteiger partial charge in [-0.2, -0.15) is 0 Å². The van der Waals surface area contributed by atoms with Crippen molar-refractivity contribution in [3.05, 3.63) is 65.0 Å². The third-order valence-corrected chi connectivity index (χ3v) is 3.69. The number of benzene rings is 2. The molecule has 1 atom stereocenters. The fraction of sp³-hybridized carbons (Fsp3) is 0.263. The summed E-state index contributed by atoms with van der Waals surface area (Å²) in [6.45, 7) is 5.45. The van der Waals surface area contributed by atoms with Crippen LogP contribution in [-0.4, -0.2) is 18.0 Å². The molecule has 0 heterocycles. The summed E-state index contributed by atoms with van der Waals surface area (Å²) in [7, 11) is 0. The lowest BCUT2D eigenvalue weighted by Gasteiger charge is -2.14. The lowest BCUT2D eigenvalue weighted by molar-refractivity contribution is -0.152. The van der Waals surface area contributed by atoms with Crippen LogP contribution in [0.5, 0.6) is 0 Å². The highest BCUT2D eigenvalue weighted by molar-refractivity contribution is 5.95. The Bertz CT molecular complexity index is 758. The maximum atomic E-state index is 13.1. The molecule has 0 fully saturated rings. The molecule has 5 heteroatoms.